The molecule has 5 nitrogen and oxygen atoms in total. The molecule has 1 amide bonds. The molecular weight excluding hydrogens is 344 g/mol. The number of halogens is 1. The lowest BCUT2D eigenvalue weighted by Crippen LogP contribution is -2.14. The summed E-state index contributed by atoms with van der Waals surface area (Å²) in [5.41, 5.74) is 1.14. The highest BCUT2D eigenvalue weighted by molar-refractivity contribution is 9.10. The Kier molecular flexibility index (Phi) is 6.33. The molecule has 0 saturated heterocycles. The first-order chi connectivity index (χ1) is 10.7. The highest BCUT2D eigenvalue weighted by atomic mass is 79.9. The molecule has 116 valence electrons. The Morgan fingerprint density at radius 2 is 1.91 bits per heavy atom. The van der Waals surface area contributed by atoms with Crippen LogP contribution in [0.15, 0.2) is 41.1 Å². The molecule has 6 heteroatoms. The number of nitrogens with one attached hydrogen (secondary N) is 2. The van der Waals surface area contributed by atoms with Gasteiger partial charge in [-0.15, -0.1) is 0 Å². The number of para-hydroxylation sites is 1. The van der Waals surface area contributed by atoms with Gasteiger partial charge in [0.15, 0.2) is 0 Å². The lowest BCUT2D eigenvalue weighted by atomic mass is 10.2. The van der Waals surface area contributed by atoms with Crippen LogP contribution in [0, 0.1) is 0 Å². The molecule has 1 aromatic carbocycles. The number of rotatable bonds is 7. The Labute approximate surface area is 138 Å². The van der Waals surface area contributed by atoms with Gasteiger partial charge in [-0.1, -0.05) is 31.9 Å². The zero-order valence-corrected chi connectivity index (χ0v) is 14.1. The van der Waals surface area contributed by atoms with Crippen LogP contribution in [0.25, 0.3) is 0 Å². The van der Waals surface area contributed by atoms with Gasteiger partial charge < -0.3 is 10.6 Å². The van der Waals surface area contributed by atoms with Gasteiger partial charge in [-0.3, -0.25) is 4.79 Å². The van der Waals surface area contributed by atoms with Crippen molar-refractivity contribution in [3.8, 4) is 0 Å². The number of hydrogen-bond acceptors (Lipinski definition) is 4. The van der Waals surface area contributed by atoms with E-state index in [1.54, 1.807) is 0 Å². The number of unbranched alkanes of at least 4 members (excludes halogenated alkanes) is 2. The second-order valence-electron chi connectivity index (χ2n) is 4.86. The minimum Gasteiger partial charge on any atom is -0.354 e. The predicted octanol–water partition coefficient (Wildman–Crippen LogP) is 4.09. The second-order valence-corrected chi connectivity index (χ2v) is 5.72. The highest BCUT2D eigenvalue weighted by Crippen LogP contribution is 2.21. The van der Waals surface area contributed by atoms with Crippen LogP contribution < -0.4 is 10.6 Å². The van der Waals surface area contributed by atoms with Gasteiger partial charge in [0.25, 0.3) is 5.91 Å². The summed E-state index contributed by atoms with van der Waals surface area (Å²) in [4.78, 5) is 20.5. The first-order valence-corrected chi connectivity index (χ1v) is 8.12. The van der Waals surface area contributed by atoms with Crippen LogP contribution in [0.1, 0.15) is 36.5 Å². The Morgan fingerprint density at radius 1 is 1.18 bits per heavy atom. The zero-order valence-electron chi connectivity index (χ0n) is 12.5. The number of anilines is 2. The maximum atomic E-state index is 12.1. The smallest absolute Gasteiger partial charge is 0.258 e. The van der Waals surface area contributed by atoms with Crippen molar-refractivity contribution in [1.82, 2.24) is 9.97 Å². The maximum absolute atomic E-state index is 12.1. The fourth-order valence-corrected chi connectivity index (χ4v) is 2.25. The van der Waals surface area contributed by atoms with Crippen molar-refractivity contribution in [3.63, 3.8) is 0 Å². The van der Waals surface area contributed by atoms with E-state index in [0.29, 0.717) is 17.2 Å². The average Bonchev–Trinajstić information content (AvgIpc) is 2.54. The topological polar surface area (TPSA) is 66.9 Å². The molecule has 1 aromatic heterocycles. The van der Waals surface area contributed by atoms with Crippen LogP contribution in [0.4, 0.5) is 11.6 Å². The Morgan fingerprint density at radius 3 is 2.59 bits per heavy atom. The molecule has 0 fully saturated rings. The molecule has 0 aliphatic carbocycles. The second kappa shape index (κ2) is 8.48. The van der Waals surface area contributed by atoms with Crippen molar-refractivity contribution in [3.05, 3.63) is 46.7 Å². The van der Waals surface area contributed by atoms with Crippen LogP contribution in [0.3, 0.4) is 0 Å². The van der Waals surface area contributed by atoms with Crippen LogP contribution in [0.2, 0.25) is 0 Å². The molecule has 0 saturated carbocycles. The summed E-state index contributed by atoms with van der Waals surface area (Å²) in [6.07, 6.45) is 6.50. The van der Waals surface area contributed by atoms with Crippen molar-refractivity contribution in [2.45, 2.75) is 26.2 Å². The number of benzene rings is 1. The fraction of sp³-hybridized carbons (Fsp3) is 0.312. The van der Waals surface area contributed by atoms with Crippen LogP contribution >= 0.6 is 15.9 Å². The third-order valence-electron chi connectivity index (χ3n) is 3.10. The van der Waals surface area contributed by atoms with Crippen molar-refractivity contribution < 1.29 is 4.79 Å². The molecule has 0 aliphatic heterocycles. The minimum absolute atomic E-state index is 0.232. The van der Waals surface area contributed by atoms with E-state index < -0.39 is 0 Å². The standard InChI is InChI=1S/C16H19BrN4O/c1-2-3-6-9-18-16-19-10-12(11-20-16)15(22)21-14-8-5-4-7-13(14)17/h4-5,7-8,10-11H,2-3,6,9H2,1H3,(H,21,22)(H,18,19,20). The van der Waals surface area contributed by atoms with Gasteiger partial charge in [0, 0.05) is 23.4 Å². The first kappa shape index (κ1) is 16.4. The van der Waals surface area contributed by atoms with Crippen molar-refractivity contribution >= 4 is 33.5 Å². The van der Waals surface area contributed by atoms with Crippen molar-refractivity contribution in [1.29, 1.82) is 0 Å². The van der Waals surface area contributed by atoms with Crippen molar-refractivity contribution in [2.24, 2.45) is 0 Å². The molecule has 0 aliphatic rings. The van der Waals surface area contributed by atoms with E-state index in [-0.39, 0.29) is 5.91 Å². The van der Waals surface area contributed by atoms with E-state index in [0.717, 1.165) is 17.4 Å². The summed E-state index contributed by atoms with van der Waals surface area (Å²) in [6, 6.07) is 7.45. The quantitative estimate of drug-likeness (QED) is 0.727. The summed E-state index contributed by atoms with van der Waals surface area (Å²) < 4.78 is 0.832. The summed E-state index contributed by atoms with van der Waals surface area (Å²) in [5, 5.41) is 5.96. The van der Waals surface area contributed by atoms with Gasteiger partial charge in [0.2, 0.25) is 5.95 Å². The molecule has 0 bridgehead atoms. The largest absolute Gasteiger partial charge is 0.354 e. The fourth-order valence-electron chi connectivity index (χ4n) is 1.87. The van der Waals surface area contributed by atoms with Crippen molar-refractivity contribution in [2.75, 3.05) is 17.2 Å². The van der Waals surface area contributed by atoms with Crippen LogP contribution in [-0.4, -0.2) is 22.4 Å². The van der Waals surface area contributed by atoms with Gasteiger partial charge in [-0.2, -0.15) is 0 Å². The number of amides is 1. The van der Waals surface area contributed by atoms with E-state index in [2.05, 4.69) is 43.5 Å². The number of carbonyl (C=O) groups excluding carboxylic acids is 1. The first-order valence-electron chi connectivity index (χ1n) is 7.32. The molecule has 2 rings (SSSR count). The predicted molar refractivity (Wildman–Crippen MR) is 92.1 cm³/mol. The third-order valence-corrected chi connectivity index (χ3v) is 3.79. The summed E-state index contributed by atoms with van der Waals surface area (Å²) in [6.45, 7) is 3.01. The Hall–Kier alpha value is -1.95. The molecule has 0 unspecified atom stereocenters. The SMILES string of the molecule is CCCCCNc1ncc(C(=O)Nc2ccccc2Br)cn1. The van der Waals surface area contributed by atoms with Gasteiger partial charge in [0.1, 0.15) is 0 Å². The molecule has 0 spiro atoms. The number of aromatic nitrogens is 2. The molecule has 22 heavy (non-hydrogen) atoms. The molecule has 1 heterocycles. The molecule has 0 radical (unpaired) electrons. The highest BCUT2D eigenvalue weighted by Gasteiger charge is 2.09. The Balaban J connectivity index is 1.92. The number of nitrogens with zero attached hydrogens (tertiary/aromatic N) is 2. The molecule has 2 aromatic rings. The van der Waals surface area contributed by atoms with E-state index in [1.165, 1.54) is 25.2 Å². The lowest BCUT2D eigenvalue weighted by Gasteiger charge is -2.07. The van der Waals surface area contributed by atoms with E-state index in [1.807, 2.05) is 24.3 Å². The van der Waals surface area contributed by atoms with Crippen LogP contribution in [-0.2, 0) is 0 Å². The Bertz CT molecular complexity index is 616. The maximum Gasteiger partial charge on any atom is 0.258 e. The molecule has 2 N–H and O–H groups in total. The monoisotopic (exact) mass is 362 g/mol. The summed E-state index contributed by atoms with van der Waals surface area (Å²) >= 11 is 3.39. The van der Waals surface area contributed by atoms with Gasteiger partial charge in [-0.25, -0.2) is 9.97 Å². The van der Waals surface area contributed by atoms with E-state index in [9.17, 15) is 4.79 Å². The number of carbonyl (C=O) groups is 1. The number of hydrogen-bond donors (Lipinski definition) is 2. The minimum atomic E-state index is -0.232. The van der Waals surface area contributed by atoms with E-state index >= 15 is 0 Å². The summed E-state index contributed by atoms with van der Waals surface area (Å²) in [7, 11) is 0. The van der Waals surface area contributed by atoms with Gasteiger partial charge in [-0.05, 0) is 34.5 Å². The molecular formula is C16H19BrN4O. The molecule has 0 atom stereocenters. The van der Waals surface area contributed by atoms with Crippen LogP contribution in [0.5, 0.6) is 0 Å². The lowest BCUT2D eigenvalue weighted by molar-refractivity contribution is 0.102. The van der Waals surface area contributed by atoms with E-state index in [4.69, 9.17) is 0 Å². The van der Waals surface area contributed by atoms with Gasteiger partial charge >= 0.3 is 0 Å². The van der Waals surface area contributed by atoms with Gasteiger partial charge in [0.05, 0.1) is 11.3 Å². The third kappa shape index (κ3) is 4.80. The average molecular weight is 363 g/mol. The zero-order chi connectivity index (χ0) is 15.8. The summed E-state index contributed by atoms with van der Waals surface area (Å²) in [5.74, 6) is 0.318. The normalized spacial score (nSPS) is 10.3.